The Kier molecular flexibility index (Phi) is 5.16. The zero-order chi connectivity index (χ0) is 16.9. The van der Waals surface area contributed by atoms with Gasteiger partial charge in [-0.15, -0.1) is 0 Å². The summed E-state index contributed by atoms with van der Waals surface area (Å²) >= 11 is 0. The molecule has 1 amide bonds. The van der Waals surface area contributed by atoms with Gasteiger partial charge < -0.3 is 15.0 Å². The first-order valence-electron chi connectivity index (χ1n) is 8.47. The maximum absolute atomic E-state index is 12.8. The first-order valence-corrected chi connectivity index (χ1v) is 8.47. The predicted octanol–water partition coefficient (Wildman–Crippen LogP) is 3.75. The average Bonchev–Trinajstić information content (AvgIpc) is 3.16. The number of benzene rings is 2. The van der Waals surface area contributed by atoms with Crippen molar-refractivity contribution in [3.63, 3.8) is 0 Å². The highest BCUT2D eigenvalue weighted by Gasteiger charge is 2.25. The van der Waals surface area contributed by atoms with Crippen LogP contribution in [0.4, 0.5) is 11.4 Å². The van der Waals surface area contributed by atoms with Gasteiger partial charge in [-0.05, 0) is 44.0 Å². The van der Waals surface area contributed by atoms with E-state index in [-0.39, 0.29) is 18.1 Å². The van der Waals surface area contributed by atoms with E-state index in [0.717, 1.165) is 30.8 Å². The highest BCUT2D eigenvalue weighted by molar-refractivity contribution is 6.00. The van der Waals surface area contributed by atoms with Gasteiger partial charge in [-0.25, -0.2) is 0 Å². The molecule has 4 heteroatoms. The largest absolute Gasteiger partial charge is 0.376 e. The lowest BCUT2D eigenvalue weighted by atomic mass is 10.1. The number of hydrogen-bond donors (Lipinski definition) is 1. The fraction of sp³-hybridized carbons (Fsp3) is 0.350. The fourth-order valence-electron chi connectivity index (χ4n) is 3.12. The molecule has 24 heavy (non-hydrogen) atoms. The SMILES string of the molecule is CC(NC(=O)c1ccccc1N(C)c1ccccc1)C1CCCO1. The topological polar surface area (TPSA) is 41.6 Å². The second-order valence-electron chi connectivity index (χ2n) is 6.23. The summed E-state index contributed by atoms with van der Waals surface area (Å²) in [5, 5.41) is 3.09. The van der Waals surface area contributed by atoms with E-state index >= 15 is 0 Å². The van der Waals surface area contributed by atoms with Crippen molar-refractivity contribution >= 4 is 17.3 Å². The highest BCUT2D eigenvalue weighted by Crippen LogP contribution is 2.27. The normalized spacial score (nSPS) is 18.2. The number of carbonyl (C=O) groups excluding carboxylic acids is 1. The number of amides is 1. The molecule has 0 radical (unpaired) electrons. The van der Waals surface area contributed by atoms with E-state index < -0.39 is 0 Å². The molecular weight excluding hydrogens is 300 g/mol. The van der Waals surface area contributed by atoms with E-state index in [9.17, 15) is 4.79 Å². The Morgan fingerprint density at radius 2 is 1.88 bits per heavy atom. The van der Waals surface area contributed by atoms with Crippen LogP contribution in [-0.2, 0) is 4.74 Å². The average molecular weight is 324 g/mol. The van der Waals surface area contributed by atoms with Crippen LogP contribution in [0.25, 0.3) is 0 Å². The van der Waals surface area contributed by atoms with Crippen LogP contribution in [0, 0.1) is 0 Å². The molecule has 1 heterocycles. The number of anilines is 2. The van der Waals surface area contributed by atoms with Crippen molar-refractivity contribution in [2.24, 2.45) is 0 Å². The molecule has 2 aromatic rings. The summed E-state index contributed by atoms with van der Waals surface area (Å²) < 4.78 is 5.67. The first kappa shape index (κ1) is 16.5. The summed E-state index contributed by atoms with van der Waals surface area (Å²) in [6.45, 7) is 2.80. The van der Waals surface area contributed by atoms with E-state index in [4.69, 9.17) is 4.74 Å². The molecule has 0 aliphatic carbocycles. The Balaban J connectivity index is 1.79. The van der Waals surface area contributed by atoms with E-state index in [2.05, 4.69) is 5.32 Å². The summed E-state index contributed by atoms with van der Waals surface area (Å²) in [6, 6.07) is 17.7. The fourth-order valence-corrected chi connectivity index (χ4v) is 3.12. The van der Waals surface area contributed by atoms with Gasteiger partial charge in [0.2, 0.25) is 0 Å². The summed E-state index contributed by atoms with van der Waals surface area (Å²) in [6.07, 6.45) is 2.19. The quantitative estimate of drug-likeness (QED) is 0.911. The maximum Gasteiger partial charge on any atom is 0.253 e. The number of nitrogens with one attached hydrogen (secondary N) is 1. The molecule has 2 unspecified atom stereocenters. The predicted molar refractivity (Wildman–Crippen MR) is 96.8 cm³/mol. The lowest BCUT2D eigenvalue weighted by Gasteiger charge is -2.24. The van der Waals surface area contributed by atoms with Crippen LogP contribution >= 0.6 is 0 Å². The van der Waals surface area contributed by atoms with Crippen LogP contribution in [-0.4, -0.2) is 31.7 Å². The minimum Gasteiger partial charge on any atom is -0.376 e. The molecule has 126 valence electrons. The highest BCUT2D eigenvalue weighted by atomic mass is 16.5. The Morgan fingerprint density at radius 3 is 2.58 bits per heavy atom. The van der Waals surface area contributed by atoms with Gasteiger partial charge in [0.15, 0.2) is 0 Å². The van der Waals surface area contributed by atoms with E-state index in [1.54, 1.807) is 0 Å². The second kappa shape index (κ2) is 7.49. The first-order chi connectivity index (χ1) is 11.7. The van der Waals surface area contributed by atoms with Crippen molar-refractivity contribution in [2.75, 3.05) is 18.6 Å². The number of ether oxygens (including phenoxy) is 1. The lowest BCUT2D eigenvalue weighted by molar-refractivity contribution is 0.0712. The van der Waals surface area contributed by atoms with Crippen LogP contribution in [0.2, 0.25) is 0 Å². The standard InChI is InChI=1S/C20H24N2O2/c1-15(19-13-8-14-24-19)21-20(23)17-11-6-7-12-18(17)22(2)16-9-4-3-5-10-16/h3-7,9-12,15,19H,8,13-14H2,1-2H3,(H,21,23). The molecule has 2 aromatic carbocycles. The van der Waals surface area contributed by atoms with Crippen LogP contribution in [0.15, 0.2) is 54.6 Å². The molecule has 4 nitrogen and oxygen atoms in total. The molecule has 1 N–H and O–H groups in total. The van der Waals surface area contributed by atoms with Crippen LogP contribution < -0.4 is 10.2 Å². The third kappa shape index (κ3) is 3.60. The van der Waals surface area contributed by atoms with Crippen molar-refractivity contribution < 1.29 is 9.53 Å². The van der Waals surface area contributed by atoms with Crippen molar-refractivity contribution in [2.45, 2.75) is 31.9 Å². The molecule has 3 rings (SSSR count). The van der Waals surface area contributed by atoms with Crippen molar-refractivity contribution in [3.05, 3.63) is 60.2 Å². The monoisotopic (exact) mass is 324 g/mol. The molecular formula is C20H24N2O2. The minimum atomic E-state index is -0.0589. The second-order valence-corrected chi connectivity index (χ2v) is 6.23. The summed E-state index contributed by atoms with van der Waals surface area (Å²) in [5.74, 6) is -0.0589. The number of nitrogens with zero attached hydrogens (tertiary/aromatic N) is 1. The Morgan fingerprint density at radius 1 is 1.17 bits per heavy atom. The van der Waals surface area contributed by atoms with Gasteiger partial charge in [0, 0.05) is 19.3 Å². The van der Waals surface area contributed by atoms with Crippen LogP contribution in [0.5, 0.6) is 0 Å². The third-order valence-corrected chi connectivity index (χ3v) is 4.53. The smallest absolute Gasteiger partial charge is 0.253 e. The maximum atomic E-state index is 12.8. The lowest BCUT2D eigenvalue weighted by Crippen LogP contribution is -2.41. The molecule has 0 aromatic heterocycles. The van der Waals surface area contributed by atoms with Crippen molar-refractivity contribution in [1.29, 1.82) is 0 Å². The summed E-state index contributed by atoms with van der Waals surface area (Å²) in [7, 11) is 1.98. The van der Waals surface area contributed by atoms with E-state index in [0.29, 0.717) is 5.56 Å². The van der Waals surface area contributed by atoms with Gasteiger partial charge in [-0.1, -0.05) is 30.3 Å². The summed E-state index contributed by atoms with van der Waals surface area (Å²) in [4.78, 5) is 14.8. The molecule has 1 aliphatic heterocycles. The Hall–Kier alpha value is -2.33. The number of hydrogen-bond acceptors (Lipinski definition) is 3. The molecule has 2 atom stereocenters. The number of carbonyl (C=O) groups is 1. The van der Waals surface area contributed by atoms with Gasteiger partial charge in [0.05, 0.1) is 23.4 Å². The zero-order valence-electron chi connectivity index (χ0n) is 14.2. The Labute approximate surface area is 143 Å². The van der Waals surface area contributed by atoms with Gasteiger partial charge in [0.1, 0.15) is 0 Å². The molecule has 0 saturated carbocycles. The summed E-state index contributed by atoms with van der Waals surface area (Å²) in [5.41, 5.74) is 2.61. The Bertz CT molecular complexity index is 681. The van der Waals surface area contributed by atoms with Crippen LogP contribution in [0.1, 0.15) is 30.1 Å². The molecule has 0 bridgehead atoms. The molecule has 0 spiro atoms. The molecule has 1 aliphatic rings. The van der Waals surface area contributed by atoms with Gasteiger partial charge >= 0.3 is 0 Å². The molecule has 1 saturated heterocycles. The zero-order valence-corrected chi connectivity index (χ0v) is 14.2. The van der Waals surface area contributed by atoms with Crippen molar-refractivity contribution in [3.8, 4) is 0 Å². The molecule has 1 fully saturated rings. The number of rotatable bonds is 5. The van der Waals surface area contributed by atoms with Gasteiger partial charge in [-0.3, -0.25) is 4.79 Å². The van der Waals surface area contributed by atoms with E-state index in [1.807, 2.05) is 73.5 Å². The minimum absolute atomic E-state index is 0.00934. The van der Waals surface area contributed by atoms with Gasteiger partial charge in [-0.2, -0.15) is 0 Å². The number of para-hydroxylation sites is 2. The van der Waals surface area contributed by atoms with Crippen molar-refractivity contribution in [1.82, 2.24) is 5.32 Å². The van der Waals surface area contributed by atoms with Gasteiger partial charge in [0.25, 0.3) is 5.91 Å². The van der Waals surface area contributed by atoms with E-state index in [1.165, 1.54) is 0 Å². The third-order valence-electron chi connectivity index (χ3n) is 4.53. The van der Waals surface area contributed by atoms with Crippen LogP contribution in [0.3, 0.4) is 0 Å².